The molecule has 1 aromatic carbocycles. The van der Waals surface area contributed by atoms with Crippen molar-refractivity contribution in [2.45, 2.75) is 16.5 Å². The highest BCUT2D eigenvalue weighted by atomic mass is 32.2. The minimum Gasteiger partial charge on any atom is -0.495 e. The maximum atomic E-state index is 11.0. The number of rotatable bonds is 6. The fourth-order valence-corrected chi connectivity index (χ4v) is 3.24. The van der Waals surface area contributed by atoms with E-state index in [1.807, 2.05) is 24.3 Å². The molecule has 1 atom stereocenters. The second-order valence-electron chi connectivity index (χ2n) is 3.86. The molecular weight excluding hydrogens is 296 g/mol. The average molecular weight is 310 g/mol. The minimum absolute atomic E-state index is 0.331. The van der Waals surface area contributed by atoms with E-state index in [1.165, 1.54) is 23.1 Å². The van der Waals surface area contributed by atoms with Gasteiger partial charge in [-0.25, -0.2) is 0 Å². The normalized spacial score (nSPS) is 11.9. The molecular formula is C12H14N4O2S2. The van der Waals surface area contributed by atoms with Gasteiger partial charge < -0.3 is 15.8 Å². The molecule has 2 rings (SSSR count). The molecule has 0 aliphatic carbocycles. The number of thioether (sulfide) groups is 1. The van der Waals surface area contributed by atoms with E-state index in [0.717, 1.165) is 11.4 Å². The number of nitrogens with zero attached hydrogens (tertiary/aromatic N) is 2. The zero-order valence-corrected chi connectivity index (χ0v) is 12.6. The number of anilines is 2. The van der Waals surface area contributed by atoms with Crippen LogP contribution in [0, 0.1) is 0 Å². The van der Waals surface area contributed by atoms with Gasteiger partial charge in [0.25, 0.3) is 0 Å². The minimum atomic E-state index is -0.371. The molecule has 0 aliphatic heterocycles. The molecule has 0 bridgehead atoms. The third kappa shape index (κ3) is 3.61. The summed E-state index contributed by atoms with van der Waals surface area (Å²) >= 11 is 2.65. The number of hydrogen-bond acceptors (Lipinski definition) is 7. The number of methoxy groups -OCH3 is 1. The van der Waals surface area contributed by atoms with Crippen molar-refractivity contribution in [1.82, 2.24) is 10.2 Å². The van der Waals surface area contributed by atoms with Gasteiger partial charge in [0, 0.05) is 0 Å². The van der Waals surface area contributed by atoms with E-state index < -0.39 is 0 Å². The smallest absolute Gasteiger partial charge is 0.230 e. The Balaban J connectivity index is 2.08. The van der Waals surface area contributed by atoms with Crippen LogP contribution in [-0.2, 0) is 4.79 Å². The topological polar surface area (TPSA) is 90.1 Å². The van der Waals surface area contributed by atoms with Crippen molar-refractivity contribution < 1.29 is 9.53 Å². The van der Waals surface area contributed by atoms with Crippen LogP contribution in [0.4, 0.5) is 10.8 Å². The van der Waals surface area contributed by atoms with Crippen LogP contribution in [-0.4, -0.2) is 28.5 Å². The summed E-state index contributed by atoms with van der Waals surface area (Å²) < 4.78 is 5.94. The third-order valence-electron chi connectivity index (χ3n) is 2.43. The molecule has 3 N–H and O–H groups in total. The summed E-state index contributed by atoms with van der Waals surface area (Å²) in [5.74, 6) is 0.354. The maximum Gasteiger partial charge on any atom is 0.230 e. The summed E-state index contributed by atoms with van der Waals surface area (Å²) in [6.07, 6.45) is 0. The predicted molar refractivity (Wildman–Crippen MR) is 80.7 cm³/mol. The number of benzene rings is 1. The Labute approximate surface area is 124 Å². The lowest BCUT2D eigenvalue weighted by molar-refractivity contribution is -0.117. The van der Waals surface area contributed by atoms with Gasteiger partial charge in [-0.1, -0.05) is 35.2 Å². The third-order valence-corrected chi connectivity index (χ3v) is 4.47. The van der Waals surface area contributed by atoms with Crippen LogP contribution in [0.2, 0.25) is 0 Å². The lowest BCUT2D eigenvalue weighted by Gasteiger charge is -2.07. The van der Waals surface area contributed by atoms with Crippen molar-refractivity contribution in [2.75, 3.05) is 12.4 Å². The van der Waals surface area contributed by atoms with Crippen LogP contribution in [0.3, 0.4) is 0 Å². The van der Waals surface area contributed by atoms with E-state index >= 15 is 0 Å². The summed E-state index contributed by atoms with van der Waals surface area (Å²) in [5.41, 5.74) is 6.03. The predicted octanol–water partition coefficient (Wildman–Crippen LogP) is 2.26. The van der Waals surface area contributed by atoms with Gasteiger partial charge in [0.1, 0.15) is 5.75 Å². The first kappa shape index (κ1) is 14.6. The standard InChI is InChI=1S/C12H14N4O2S2/c1-7(10(13)17)19-12-16-15-11(20-12)14-8-5-3-4-6-9(8)18-2/h3-7H,1-2H3,(H2,13,17)(H,14,15). The number of carbonyl (C=O) groups excluding carboxylic acids is 1. The molecule has 0 fully saturated rings. The quantitative estimate of drug-likeness (QED) is 0.795. The fraction of sp³-hybridized carbons (Fsp3) is 0.250. The molecule has 0 aliphatic rings. The molecule has 1 heterocycles. The Kier molecular flexibility index (Phi) is 4.80. The lowest BCUT2D eigenvalue weighted by atomic mass is 10.3. The van der Waals surface area contributed by atoms with Gasteiger partial charge in [0.2, 0.25) is 11.0 Å². The lowest BCUT2D eigenvalue weighted by Crippen LogP contribution is -2.22. The molecule has 0 spiro atoms. The molecule has 0 radical (unpaired) electrons. The second-order valence-corrected chi connectivity index (χ2v) is 6.43. The Morgan fingerprint density at radius 3 is 2.90 bits per heavy atom. The first-order chi connectivity index (χ1) is 9.60. The highest BCUT2D eigenvalue weighted by Crippen LogP contribution is 2.32. The van der Waals surface area contributed by atoms with Gasteiger partial charge in [-0.2, -0.15) is 0 Å². The number of aromatic nitrogens is 2. The molecule has 106 valence electrons. The van der Waals surface area contributed by atoms with Crippen molar-refractivity contribution in [3.05, 3.63) is 24.3 Å². The number of nitrogens with one attached hydrogen (secondary N) is 1. The molecule has 1 amide bonds. The van der Waals surface area contributed by atoms with E-state index in [9.17, 15) is 4.79 Å². The first-order valence-corrected chi connectivity index (χ1v) is 7.49. The number of hydrogen-bond donors (Lipinski definition) is 2. The maximum absolute atomic E-state index is 11.0. The van der Waals surface area contributed by atoms with Crippen LogP contribution >= 0.6 is 23.1 Å². The average Bonchev–Trinajstić information content (AvgIpc) is 2.86. The molecule has 2 aromatic rings. The zero-order chi connectivity index (χ0) is 14.5. The van der Waals surface area contributed by atoms with Gasteiger partial charge in [-0.3, -0.25) is 4.79 Å². The van der Waals surface area contributed by atoms with E-state index in [4.69, 9.17) is 10.5 Å². The molecule has 1 aromatic heterocycles. The van der Waals surface area contributed by atoms with Gasteiger partial charge in [0.05, 0.1) is 18.0 Å². The van der Waals surface area contributed by atoms with Crippen molar-refractivity contribution in [3.8, 4) is 5.75 Å². The summed E-state index contributed by atoms with van der Waals surface area (Å²) in [7, 11) is 1.61. The monoisotopic (exact) mass is 310 g/mol. The second kappa shape index (κ2) is 6.58. The molecule has 1 unspecified atom stereocenters. The highest BCUT2D eigenvalue weighted by Gasteiger charge is 2.14. The van der Waals surface area contributed by atoms with Gasteiger partial charge in [-0.15, -0.1) is 10.2 Å². The van der Waals surface area contributed by atoms with Crippen LogP contribution in [0.15, 0.2) is 28.6 Å². The van der Waals surface area contributed by atoms with Crippen LogP contribution in [0.25, 0.3) is 0 Å². The van der Waals surface area contributed by atoms with E-state index in [2.05, 4.69) is 15.5 Å². The number of para-hydroxylation sites is 2. The van der Waals surface area contributed by atoms with Crippen LogP contribution in [0.5, 0.6) is 5.75 Å². The highest BCUT2D eigenvalue weighted by molar-refractivity contribution is 8.02. The van der Waals surface area contributed by atoms with E-state index in [0.29, 0.717) is 9.47 Å². The molecule has 20 heavy (non-hydrogen) atoms. The Hall–Kier alpha value is -1.80. The Morgan fingerprint density at radius 2 is 2.20 bits per heavy atom. The number of amides is 1. The number of nitrogens with two attached hydrogens (primary N) is 1. The van der Waals surface area contributed by atoms with Crippen LogP contribution < -0.4 is 15.8 Å². The van der Waals surface area contributed by atoms with Gasteiger partial charge >= 0.3 is 0 Å². The number of primary amides is 1. The Bertz CT molecular complexity index is 603. The van der Waals surface area contributed by atoms with Crippen molar-refractivity contribution in [2.24, 2.45) is 5.73 Å². The Morgan fingerprint density at radius 1 is 1.45 bits per heavy atom. The molecule has 0 saturated heterocycles. The molecule has 8 heteroatoms. The van der Waals surface area contributed by atoms with Crippen molar-refractivity contribution in [1.29, 1.82) is 0 Å². The van der Waals surface area contributed by atoms with Crippen LogP contribution in [0.1, 0.15) is 6.92 Å². The first-order valence-electron chi connectivity index (χ1n) is 5.79. The molecule has 6 nitrogen and oxygen atoms in total. The summed E-state index contributed by atoms with van der Waals surface area (Å²) in [6.45, 7) is 1.74. The summed E-state index contributed by atoms with van der Waals surface area (Å²) in [4.78, 5) is 11.0. The largest absolute Gasteiger partial charge is 0.495 e. The summed E-state index contributed by atoms with van der Waals surface area (Å²) in [5, 5.41) is 11.5. The number of carbonyl (C=O) groups is 1. The summed E-state index contributed by atoms with van der Waals surface area (Å²) in [6, 6.07) is 7.53. The van der Waals surface area contributed by atoms with E-state index in [1.54, 1.807) is 14.0 Å². The van der Waals surface area contributed by atoms with Gasteiger partial charge in [-0.05, 0) is 19.1 Å². The SMILES string of the molecule is COc1ccccc1Nc1nnc(SC(C)C(N)=O)s1. The van der Waals surface area contributed by atoms with E-state index in [-0.39, 0.29) is 11.2 Å². The zero-order valence-electron chi connectivity index (χ0n) is 11.0. The van der Waals surface area contributed by atoms with Gasteiger partial charge in [0.15, 0.2) is 4.34 Å². The fourth-order valence-electron chi connectivity index (χ4n) is 1.38. The van der Waals surface area contributed by atoms with Crippen molar-refractivity contribution in [3.63, 3.8) is 0 Å². The molecule has 0 saturated carbocycles. The number of ether oxygens (including phenoxy) is 1. The van der Waals surface area contributed by atoms with Crippen molar-refractivity contribution >= 4 is 39.8 Å².